The molecule has 0 aromatic heterocycles. The Bertz CT molecular complexity index is 387. The number of allylic oxidation sites excluding steroid dienone is 1. The molecule has 0 saturated heterocycles. The van der Waals surface area contributed by atoms with Gasteiger partial charge in [-0.05, 0) is 53.0 Å². The monoisotopic (exact) mass is 291 g/mol. The Morgan fingerprint density at radius 2 is 1.50 bits per heavy atom. The molecule has 2 saturated carbocycles. The second kappa shape index (κ2) is 4.71. The third-order valence-corrected chi connectivity index (χ3v) is 8.80. The minimum absolute atomic E-state index is 0.298. The van der Waals surface area contributed by atoms with E-state index < -0.39 is 9.04 Å². The predicted octanol–water partition coefficient (Wildman–Crippen LogP) is 5.20. The first-order chi connectivity index (χ1) is 9.18. The van der Waals surface area contributed by atoms with Gasteiger partial charge in [-0.15, -0.1) is 0 Å². The maximum atomic E-state index is 6.82. The summed E-state index contributed by atoms with van der Waals surface area (Å²) in [4.78, 5) is 0. The minimum Gasteiger partial charge on any atom is -0.409 e. The van der Waals surface area contributed by atoms with Crippen molar-refractivity contribution in [3.8, 4) is 0 Å². The Morgan fingerprint density at radius 1 is 0.900 bits per heavy atom. The predicted molar refractivity (Wildman–Crippen MR) is 87.0 cm³/mol. The fourth-order valence-electron chi connectivity index (χ4n) is 5.25. The maximum absolute atomic E-state index is 6.82. The van der Waals surface area contributed by atoms with Crippen molar-refractivity contribution in [3.63, 3.8) is 0 Å². The molecule has 0 aliphatic heterocycles. The highest BCUT2D eigenvalue weighted by Crippen LogP contribution is 2.57. The Hall–Kier alpha value is -0.0831. The summed E-state index contributed by atoms with van der Waals surface area (Å²) in [6.07, 6.45) is 9.75. The molecule has 1 radical (unpaired) electrons. The summed E-state index contributed by atoms with van der Waals surface area (Å²) in [6.45, 7) is 14.2. The molecule has 2 fully saturated rings. The SMILES string of the molecule is CC(C)(C)[Si](O[C@H]1C=CC2C3CCC(C3)C21)C(C)(C)C. The number of rotatable bonds is 2. The van der Waals surface area contributed by atoms with Gasteiger partial charge in [0.1, 0.15) is 0 Å². The van der Waals surface area contributed by atoms with Crippen LogP contribution in [0.15, 0.2) is 12.2 Å². The highest BCUT2D eigenvalue weighted by Gasteiger charge is 2.53. The van der Waals surface area contributed by atoms with Crippen LogP contribution in [0.2, 0.25) is 10.1 Å². The molecule has 0 aromatic carbocycles. The summed E-state index contributed by atoms with van der Waals surface area (Å²) in [5, 5.41) is 0.596. The fraction of sp³-hybridized carbons (Fsp3) is 0.889. The van der Waals surface area contributed by atoms with Gasteiger partial charge in [-0.2, -0.15) is 0 Å². The van der Waals surface area contributed by atoms with Gasteiger partial charge in [0.2, 0.25) is 9.04 Å². The number of hydrogen-bond donors (Lipinski definition) is 0. The van der Waals surface area contributed by atoms with Gasteiger partial charge in [0.25, 0.3) is 0 Å². The molecule has 113 valence electrons. The number of hydrogen-bond acceptors (Lipinski definition) is 1. The van der Waals surface area contributed by atoms with Crippen molar-refractivity contribution in [1.82, 2.24) is 0 Å². The molecule has 2 bridgehead atoms. The van der Waals surface area contributed by atoms with Gasteiger partial charge in [-0.3, -0.25) is 0 Å². The first-order valence-electron chi connectivity index (χ1n) is 8.41. The Morgan fingerprint density at radius 3 is 2.10 bits per heavy atom. The van der Waals surface area contributed by atoms with Crippen molar-refractivity contribution in [2.45, 2.75) is 77.0 Å². The van der Waals surface area contributed by atoms with Crippen LogP contribution in [-0.4, -0.2) is 15.1 Å². The van der Waals surface area contributed by atoms with E-state index in [4.69, 9.17) is 4.43 Å². The van der Waals surface area contributed by atoms with E-state index in [2.05, 4.69) is 53.7 Å². The highest BCUT2D eigenvalue weighted by molar-refractivity contribution is 6.58. The zero-order chi connectivity index (χ0) is 14.7. The van der Waals surface area contributed by atoms with Crippen molar-refractivity contribution in [3.05, 3.63) is 12.2 Å². The Labute approximate surface area is 126 Å². The van der Waals surface area contributed by atoms with Gasteiger partial charge >= 0.3 is 0 Å². The normalized spacial score (nSPS) is 39.9. The molecule has 5 atom stereocenters. The van der Waals surface area contributed by atoms with E-state index in [1.54, 1.807) is 0 Å². The van der Waals surface area contributed by atoms with Gasteiger partial charge < -0.3 is 4.43 Å². The van der Waals surface area contributed by atoms with E-state index in [1.807, 2.05) is 0 Å². The molecule has 0 heterocycles. The molecule has 0 aromatic rings. The standard InChI is InChI=1S/C18H31OSi/c1-17(2,3)20(18(4,5)6)19-15-10-9-14-12-7-8-13(11-12)16(14)15/h9-10,12-16H,7-8,11H2,1-6H3/t12?,13?,14?,15-,16?/m0/s1. The molecule has 3 rings (SSSR count). The van der Waals surface area contributed by atoms with E-state index in [1.165, 1.54) is 19.3 Å². The highest BCUT2D eigenvalue weighted by atomic mass is 28.3. The summed E-state index contributed by atoms with van der Waals surface area (Å²) in [6, 6.07) is 0. The fourth-order valence-corrected chi connectivity index (χ4v) is 8.72. The molecule has 3 aliphatic rings. The Kier molecular flexibility index (Phi) is 3.49. The molecule has 20 heavy (non-hydrogen) atoms. The lowest BCUT2D eigenvalue weighted by Gasteiger charge is -2.41. The lowest BCUT2D eigenvalue weighted by Crippen LogP contribution is -2.43. The van der Waals surface area contributed by atoms with E-state index >= 15 is 0 Å². The lowest BCUT2D eigenvalue weighted by molar-refractivity contribution is 0.113. The van der Waals surface area contributed by atoms with Crippen LogP contribution in [0.5, 0.6) is 0 Å². The smallest absolute Gasteiger partial charge is 0.223 e. The summed E-state index contributed by atoms with van der Waals surface area (Å²) in [7, 11) is -0.864. The van der Waals surface area contributed by atoms with Gasteiger partial charge in [0, 0.05) is 0 Å². The van der Waals surface area contributed by atoms with Crippen LogP contribution in [0.1, 0.15) is 60.8 Å². The van der Waals surface area contributed by atoms with Crippen molar-refractivity contribution in [2.75, 3.05) is 0 Å². The summed E-state index contributed by atoms with van der Waals surface area (Å²) in [5.41, 5.74) is 0. The molecule has 3 aliphatic carbocycles. The van der Waals surface area contributed by atoms with Crippen LogP contribution in [-0.2, 0) is 4.43 Å². The lowest BCUT2D eigenvalue weighted by atomic mass is 9.80. The molecule has 1 nitrogen and oxygen atoms in total. The largest absolute Gasteiger partial charge is 0.409 e. The first-order valence-corrected chi connectivity index (χ1v) is 9.81. The van der Waals surface area contributed by atoms with Crippen LogP contribution in [0.4, 0.5) is 0 Å². The molecule has 4 unspecified atom stereocenters. The van der Waals surface area contributed by atoms with Crippen LogP contribution in [0.3, 0.4) is 0 Å². The third kappa shape index (κ3) is 2.43. The zero-order valence-electron chi connectivity index (χ0n) is 14.1. The molecular weight excluding hydrogens is 260 g/mol. The summed E-state index contributed by atoms with van der Waals surface area (Å²) in [5.74, 6) is 3.60. The van der Waals surface area contributed by atoms with Crippen LogP contribution < -0.4 is 0 Å². The zero-order valence-corrected chi connectivity index (χ0v) is 15.1. The van der Waals surface area contributed by atoms with Gasteiger partial charge in [0.05, 0.1) is 6.10 Å². The quantitative estimate of drug-likeness (QED) is 0.502. The van der Waals surface area contributed by atoms with E-state index in [-0.39, 0.29) is 0 Å². The van der Waals surface area contributed by atoms with Crippen LogP contribution >= 0.6 is 0 Å². The summed E-state index contributed by atoms with van der Waals surface area (Å²) >= 11 is 0. The molecular formula is C18H31OSi. The van der Waals surface area contributed by atoms with E-state index in [0.29, 0.717) is 16.2 Å². The van der Waals surface area contributed by atoms with Crippen molar-refractivity contribution in [2.24, 2.45) is 23.7 Å². The summed E-state index contributed by atoms with van der Waals surface area (Å²) < 4.78 is 6.82. The maximum Gasteiger partial charge on any atom is 0.223 e. The average Bonchev–Trinajstić information content (AvgIpc) is 2.96. The van der Waals surface area contributed by atoms with E-state index in [9.17, 15) is 0 Å². The van der Waals surface area contributed by atoms with Gasteiger partial charge in [0.15, 0.2) is 0 Å². The second-order valence-corrected chi connectivity index (χ2v) is 13.2. The number of fused-ring (bicyclic) bond motifs is 5. The topological polar surface area (TPSA) is 9.23 Å². The van der Waals surface area contributed by atoms with E-state index in [0.717, 1.165) is 23.7 Å². The molecule has 2 heteroatoms. The third-order valence-electron chi connectivity index (χ3n) is 5.57. The Balaban J connectivity index is 1.76. The average molecular weight is 292 g/mol. The molecule has 0 spiro atoms. The molecule has 0 N–H and O–H groups in total. The molecule has 0 amide bonds. The van der Waals surface area contributed by atoms with Crippen molar-refractivity contribution < 1.29 is 4.43 Å². The van der Waals surface area contributed by atoms with Crippen molar-refractivity contribution >= 4 is 9.04 Å². The van der Waals surface area contributed by atoms with Crippen molar-refractivity contribution in [1.29, 1.82) is 0 Å². The van der Waals surface area contributed by atoms with Crippen LogP contribution in [0, 0.1) is 23.7 Å². The second-order valence-electron chi connectivity index (χ2n) is 9.28. The first kappa shape index (κ1) is 14.8. The van der Waals surface area contributed by atoms with Crippen LogP contribution in [0.25, 0.3) is 0 Å². The van der Waals surface area contributed by atoms with Gasteiger partial charge in [-0.1, -0.05) is 53.7 Å². The minimum atomic E-state index is -0.864. The van der Waals surface area contributed by atoms with Gasteiger partial charge in [-0.25, -0.2) is 0 Å².